The highest BCUT2D eigenvalue weighted by Crippen LogP contribution is 2.17. The largest absolute Gasteiger partial charge is 0.495 e. The molecule has 30 heavy (non-hydrogen) atoms. The maximum Gasteiger partial charge on any atom is 0.295 e. The number of carbonyl (C=O) groups is 1. The van der Waals surface area contributed by atoms with Crippen LogP contribution in [0.1, 0.15) is 23.0 Å². The van der Waals surface area contributed by atoms with E-state index in [1.807, 2.05) is 6.92 Å². The molecule has 3 heterocycles. The van der Waals surface area contributed by atoms with E-state index >= 15 is 0 Å². The molecule has 154 valence electrons. The number of halogens is 1. The number of methoxy groups -OCH3 is 1. The lowest BCUT2D eigenvalue weighted by molar-refractivity contribution is 0.0948. The van der Waals surface area contributed by atoms with Crippen LogP contribution in [0.15, 0.2) is 46.7 Å². The molecule has 3 rings (SSSR count). The monoisotopic (exact) mass is 412 g/mol. The molecular formula is C19H17FN6O4. The van der Waals surface area contributed by atoms with E-state index in [4.69, 9.17) is 9.47 Å². The van der Waals surface area contributed by atoms with Gasteiger partial charge in [-0.2, -0.15) is 9.49 Å². The van der Waals surface area contributed by atoms with Crippen molar-refractivity contribution in [3.05, 3.63) is 64.3 Å². The second-order valence-electron chi connectivity index (χ2n) is 5.74. The minimum atomic E-state index is -0.871. The fourth-order valence-corrected chi connectivity index (χ4v) is 2.33. The zero-order chi connectivity index (χ0) is 21.5. The number of pyridine rings is 2. The molecule has 0 unspecified atom stereocenters. The fraction of sp³-hybridized carbons (Fsp3) is 0.158. The molecule has 3 aromatic rings. The minimum Gasteiger partial charge on any atom is -0.495 e. The van der Waals surface area contributed by atoms with E-state index in [0.29, 0.717) is 29.5 Å². The lowest BCUT2D eigenvalue weighted by Gasteiger charge is -2.05. The summed E-state index contributed by atoms with van der Waals surface area (Å²) in [6.45, 7) is 2.31. The van der Waals surface area contributed by atoms with Gasteiger partial charge in [0.05, 0.1) is 37.4 Å². The maximum absolute atomic E-state index is 13.7. The normalized spacial score (nSPS) is 10.8. The van der Waals surface area contributed by atoms with Crippen molar-refractivity contribution in [2.45, 2.75) is 6.92 Å². The van der Waals surface area contributed by atoms with E-state index in [2.05, 4.69) is 30.5 Å². The number of aromatic amines is 1. The molecule has 0 radical (unpaired) electrons. The quantitative estimate of drug-likeness (QED) is 0.342. The Morgan fingerprint density at radius 2 is 2.17 bits per heavy atom. The molecule has 0 saturated carbocycles. The third-order valence-electron chi connectivity index (χ3n) is 3.77. The van der Waals surface area contributed by atoms with Crippen molar-refractivity contribution >= 4 is 12.1 Å². The van der Waals surface area contributed by atoms with Crippen LogP contribution in [0.2, 0.25) is 0 Å². The number of aromatic nitrogens is 4. The fourth-order valence-electron chi connectivity index (χ4n) is 2.33. The summed E-state index contributed by atoms with van der Waals surface area (Å²) in [5.41, 5.74) is 1.89. The van der Waals surface area contributed by atoms with Crippen LogP contribution in [0.5, 0.6) is 11.6 Å². The Morgan fingerprint density at radius 3 is 2.87 bits per heavy atom. The smallest absolute Gasteiger partial charge is 0.295 e. The molecule has 0 fully saturated rings. The molecule has 10 nitrogen and oxygen atoms in total. The number of hydrogen-bond donors (Lipinski definition) is 2. The van der Waals surface area contributed by atoms with Crippen LogP contribution in [0.4, 0.5) is 4.39 Å². The molecule has 1 amide bonds. The number of rotatable bonds is 7. The third kappa shape index (κ3) is 4.82. The van der Waals surface area contributed by atoms with Gasteiger partial charge in [0, 0.05) is 24.0 Å². The van der Waals surface area contributed by atoms with Crippen molar-refractivity contribution < 1.29 is 18.7 Å². The summed E-state index contributed by atoms with van der Waals surface area (Å²) in [6, 6.07) is 4.69. The molecule has 11 heteroatoms. The lowest BCUT2D eigenvalue weighted by Crippen LogP contribution is -2.28. The van der Waals surface area contributed by atoms with Gasteiger partial charge in [-0.15, -0.1) is 0 Å². The first-order valence-electron chi connectivity index (χ1n) is 8.73. The van der Waals surface area contributed by atoms with E-state index in [-0.39, 0.29) is 5.56 Å². The summed E-state index contributed by atoms with van der Waals surface area (Å²) < 4.78 is 23.9. The second-order valence-corrected chi connectivity index (χ2v) is 5.74. The number of ether oxygens (including phenoxy) is 2. The number of hydrazone groups is 1. The summed E-state index contributed by atoms with van der Waals surface area (Å²) in [5.74, 6) is -0.907. The molecule has 0 saturated heterocycles. The molecule has 0 spiro atoms. The van der Waals surface area contributed by atoms with E-state index in [1.54, 1.807) is 12.1 Å². The molecule has 3 aromatic heterocycles. The van der Waals surface area contributed by atoms with Gasteiger partial charge in [0.1, 0.15) is 5.75 Å². The van der Waals surface area contributed by atoms with Crippen molar-refractivity contribution in [1.82, 2.24) is 25.4 Å². The number of amides is 1. The molecule has 0 atom stereocenters. The predicted octanol–water partition coefficient (Wildman–Crippen LogP) is 1.54. The summed E-state index contributed by atoms with van der Waals surface area (Å²) in [6.07, 6.45) is 5.11. The van der Waals surface area contributed by atoms with Crippen LogP contribution in [-0.2, 0) is 0 Å². The first-order chi connectivity index (χ1) is 14.5. The average Bonchev–Trinajstić information content (AvgIpc) is 2.76. The van der Waals surface area contributed by atoms with Crippen LogP contribution in [0.3, 0.4) is 0 Å². The Labute approximate surface area is 169 Å². The van der Waals surface area contributed by atoms with Gasteiger partial charge in [-0.25, -0.2) is 20.4 Å². The Kier molecular flexibility index (Phi) is 6.42. The molecular weight excluding hydrogens is 395 g/mol. The van der Waals surface area contributed by atoms with Crippen molar-refractivity contribution in [3.8, 4) is 22.9 Å². The van der Waals surface area contributed by atoms with E-state index in [1.165, 1.54) is 31.8 Å². The Bertz CT molecular complexity index is 1130. The highest BCUT2D eigenvalue weighted by Gasteiger charge is 2.14. The zero-order valence-corrected chi connectivity index (χ0v) is 16.0. The van der Waals surface area contributed by atoms with E-state index in [0.717, 1.165) is 6.21 Å². The van der Waals surface area contributed by atoms with Gasteiger partial charge in [0.15, 0.2) is 5.69 Å². The van der Waals surface area contributed by atoms with Crippen LogP contribution in [-0.4, -0.2) is 45.8 Å². The molecule has 0 bridgehead atoms. The predicted molar refractivity (Wildman–Crippen MR) is 105 cm³/mol. The summed E-state index contributed by atoms with van der Waals surface area (Å²) >= 11 is 0. The van der Waals surface area contributed by atoms with Crippen molar-refractivity contribution in [1.29, 1.82) is 0 Å². The van der Waals surface area contributed by atoms with Gasteiger partial charge in [-0.3, -0.25) is 9.59 Å². The SMILES string of the molecule is CCOc1ccc(-c2c[nH]c(=O)c(C(=O)N/N=C/c3cc(OC)cnc3F)n2)cn1. The standard InChI is InChI=1S/C19H17FN6O4/c1-3-30-15-5-4-11(7-21-15)14-10-23-18(27)16(25-14)19(28)26-24-8-12-6-13(29-2)9-22-17(12)20/h4-10H,3H2,1-2H3,(H,23,27)(H,26,28)/b24-8+. The van der Waals surface area contributed by atoms with Gasteiger partial charge < -0.3 is 14.5 Å². The third-order valence-corrected chi connectivity index (χ3v) is 3.77. The number of carbonyl (C=O) groups excluding carboxylic acids is 1. The van der Waals surface area contributed by atoms with Crippen LogP contribution >= 0.6 is 0 Å². The van der Waals surface area contributed by atoms with Crippen molar-refractivity contribution in [2.24, 2.45) is 5.10 Å². The Hall–Kier alpha value is -4.15. The van der Waals surface area contributed by atoms with Crippen LogP contribution in [0.25, 0.3) is 11.3 Å². The molecule has 0 aliphatic heterocycles. The zero-order valence-electron chi connectivity index (χ0n) is 16.0. The van der Waals surface area contributed by atoms with Crippen LogP contribution < -0.4 is 20.5 Å². The van der Waals surface area contributed by atoms with Crippen LogP contribution in [0, 0.1) is 5.95 Å². The molecule has 2 N–H and O–H groups in total. The van der Waals surface area contributed by atoms with Gasteiger partial charge >= 0.3 is 0 Å². The topological polar surface area (TPSA) is 131 Å². The molecule has 0 aliphatic rings. The highest BCUT2D eigenvalue weighted by molar-refractivity contribution is 5.93. The number of nitrogens with one attached hydrogen (secondary N) is 2. The molecule has 0 aromatic carbocycles. The number of H-pyrrole nitrogens is 1. The minimum absolute atomic E-state index is 0.00858. The number of nitrogens with zero attached hydrogens (tertiary/aromatic N) is 4. The molecule has 0 aliphatic carbocycles. The summed E-state index contributed by atoms with van der Waals surface area (Å²) in [4.78, 5) is 38.4. The Morgan fingerprint density at radius 1 is 1.33 bits per heavy atom. The highest BCUT2D eigenvalue weighted by atomic mass is 19.1. The number of hydrogen-bond acceptors (Lipinski definition) is 8. The van der Waals surface area contributed by atoms with Gasteiger partial charge in [0.25, 0.3) is 11.5 Å². The first-order valence-corrected chi connectivity index (χ1v) is 8.73. The van der Waals surface area contributed by atoms with Crippen molar-refractivity contribution in [2.75, 3.05) is 13.7 Å². The van der Waals surface area contributed by atoms with E-state index < -0.39 is 23.1 Å². The first kappa shape index (κ1) is 20.6. The Balaban J connectivity index is 1.77. The van der Waals surface area contributed by atoms with Gasteiger partial charge in [0.2, 0.25) is 11.8 Å². The lowest BCUT2D eigenvalue weighted by atomic mass is 10.2. The van der Waals surface area contributed by atoms with Crippen molar-refractivity contribution in [3.63, 3.8) is 0 Å². The van der Waals surface area contributed by atoms with Gasteiger partial charge in [-0.1, -0.05) is 0 Å². The van der Waals surface area contributed by atoms with E-state index in [9.17, 15) is 14.0 Å². The second kappa shape index (κ2) is 9.37. The maximum atomic E-state index is 13.7. The summed E-state index contributed by atoms with van der Waals surface area (Å²) in [5, 5.41) is 3.65. The van der Waals surface area contributed by atoms with Gasteiger partial charge in [-0.05, 0) is 19.1 Å². The average molecular weight is 412 g/mol. The summed E-state index contributed by atoms with van der Waals surface area (Å²) in [7, 11) is 1.41.